The molecule has 1 aliphatic heterocycles. The van der Waals surface area contributed by atoms with E-state index >= 15 is 0 Å². The molecule has 0 aliphatic carbocycles. The lowest BCUT2D eigenvalue weighted by Gasteiger charge is -2.30. The maximum absolute atomic E-state index is 13.3. The summed E-state index contributed by atoms with van der Waals surface area (Å²) in [6.45, 7) is -0.152. The van der Waals surface area contributed by atoms with Crippen LogP contribution in [0.5, 0.6) is 0 Å². The maximum Gasteiger partial charge on any atom is 0.280 e. The number of hydrogen-bond donors (Lipinski definition) is 0. The van der Waals surface area contributed by atoms with E-state index in [4.69, 9.17) is 11.6 Å². The van der Waals surface area contributed by atoms with Crippen LogP contribution < -0.4 is 0 Å². The molecule has 1 aliphatic rings. The number of nitrogens with zero attached hydrogens (tertiary/aromatic N) is 3. The Kier molecular flexibility index (Phi) is 5.22. The molecule has 0 saturated heterocycles. The fourth-order valence-electron chi connectivity index (χ4n) is 3.29. The molecule has 0 fully saturated rings. The van der Waals surface area contributed by atoms with Crippen LogP contribution in [0.15, 0.2) is 72.8 Å². The Bertz CT molecular complexity index is 1190. The molecule has 0 spiro atoms. The van der Waals surface area contributed by atoms with E-state index in [0.717, 1.165) is 10.0 Å². The molecule has 0 N–H and O–H groups in total. The Morgan fingerprint density at radius 1 is 0.903 bits per heavy atom. The van der Waals surface area contributed by atoms with E-state index in [9.17, 15) is 24.5 Å². The molecule has 4 rings (SSSR count). The van der Waals surface area contributed by atoms with Crippen LogP contribution >= 0.6 is 11.6 Å². The second-order valence-electron chi connectivity index (χ2n) is 6.73. The van der Waals surface area contributed by atoms with Crippen LogP contribution in [0.3, 0.4) is 0 Å². The lowest BCUT2D eigenvalue weighted by molar-refractivity contribution is -0.384. The quantitative estimate of drug-likeness (QED) is 0.341. The molecule has 154 valence electrons. The summed E-state index contributed by atoms with van der Waals surface area (Å²) >= 11 is 6.24. The van der Waals surface area contributed by atoms with E-state index in [1.165, 1.54) is 36.4 Å². The summed E-state index contributed by atoms with van der Waals surface area (Å²) in [7, 11) is 0. The number of fused-ring (bicyclic) bond motifs is 1. The first-order chi connectivity index (χ1) is 14.9. The van der Waals surface area contributed by atoms with Crippen LogP contribution in [0.25, 0.3) is 0 Å². The normalized spacial score (nSPS) is 12.6. The van der Waals surface area contributed by atoms with Crippen LogP contribution in [-0.2, 0) is 6.54 Å². The van der Waals surface area contributed by atoms with Crippen LogP contribution in [-0.4, -0.2) is 32.7 Å². The van der Waals surface area contributed by atoms with Gasteiger partial charge in [-0.25, -0.2) is 5.01 Å². The van der Waals surface area contributed by atoms with Gasteiger partial charge in [-0.05, 0) is 35.9 Å². The smallest absolute Gasteiger partial charge is 0.267 e. The highest BCUT2D eigenvalue weighted by Crippen LogP contribution is 2.28. The zero-order valence-electron chi connectivity index (χ0n) is 15.9. The Hall–Kier alpha value is -4.04. The summed E-state index contributed by atoms with van der Waals surface area (Å²) in [6.07, 6.45) is 0. The Labute approximate surface area is 181 Å². The monoisotopic (exact) mass is 435 g/mol. The number of hydrazine groups is 1. The number of hydrogen-bond acceptors (Lipinski definition) is 5. The Morgan fingerprint density at radius 2 is 1.45 bits per heavy atom. The predicted octanol–water partition coefficient (Wildman–Crippen LogP) is 4.10. The zero-order valence-corrected chi connectivity index (χ0v) is 16.7. The van der Waals surface area contributed by atoms with Gasteiger partial charge in [0.1, 0.15) is 0 Å². The van der Waals surface area contributed by atoms with Gasteiger partial charge in [-0.3, -0.25) is 24.5 Å². The summed E-state index contributed by atoms with van der Waals surface area (Å²) < 4.78 is 0. The molecule has 1 heterocycles. The third-order valence-electron chi connectivity index (χ3n) is 4.85. The number of nitro benzene ring substituents is 1. The molecular weight excluding hydrogens is 422 g/mol. The first kappa shape index (κ1) is 20.2. The number of amides is 3. The first-order valence-corrected chi connectivity index (χ1v) is 9.53. The molecule has 9 heteroatoms. The van der Waals surface area contributed by atoms with Gasteiger partial charge >= 0.3 is 0 Å². The van der Waals surface area contributed by atoms with E-state index in [1.807, 2.05) is 0 Å². The molecule has 0 atom stereocenters. The van der Waals surface area contributed by atoms with Crippen molar-refractivity contribution in [2.24, 2.45) is 0 Å². The highest BCUT2D eigenvalue weighted by Gasteiger charge is 2.41. The number of rotatable bonds is 5. The van der Waals surface area contributed by atoms with Gasteiger partial charge in [-0.15, -0.1) is 0 Å². The summed E-state index contributed by atoms with van der Waals surface area (Å²) in [5, 5.41) is 13.1. The van der Waals surface area contributed by atoms with Crippen molar-refractivity contribution < 1.29 is 19.3 Å². The third-order valence-corrected chi connectivity index (χ3v) is 5.22. The van der Waals surface area contributed by atoms with Gasteiger partial charge in [-0.2, -0.15) is 5.01 Å². The minimum absolute atomic E-state index is 0.0780. The number of halogens is 1. The number of nitro groups is 1. The second kappa shape index (κ2) is 8.00. The largest absolute Gasteiger partial charge is 0.280 e. The Balaban J connectivity index is 1.76. The zero-order chi connectivity index (χ0) is 22.1. The molecular formula is C22H14ClN3O5. The molecule has 3 amide bonds. The molecule has 31 heavy (non-hydrogen) atoms. The van der Waals surface area contributed by atoms with Gasteiger partial charge in [0.25, 0.3) is 23.4 Å². The van der Waals surface area contributed by atoms with Crippen molar-refractivity contribution in [3.8, 4) is 0 Å². The topological polar surface area (TPSA) is 101 Å². The average molecular weight is 436 g/mol. The van der Waals surface area contributed by atoms with Gasteiger partial charge in [0.15, 0.2) is 0 Å². The van der Waals surface area contributed by atoms with Crippen molar-refractivity contribution in [3.63, 3.8) is 0 Å². The van der Waals surface area contributed by atoms with Gasteiger partial charge in [0.2, 0.25) is 0 Å². The van der Waals surface area contributed by atoms with Gasteiger partial charge in [-0.1, -0.05) is 41.9 Å². The van der Waals surface area contributed by atoms with E-state index in [-0.39, 0.29) is 28.9 Å². The fraction of sp³-hybridized carbons (Fsp3) is 0.0455. The van der Waals surface area contributed by atoms with Crippen LogP contribution in [0.1, 0.15) is 36.6 Å². The molecule has 0 aromatic heterocycles. The second-order valence-corrected chi connectivity index (χ2v) is 7.13. The van der Waals surface area contributed by atoms with Crippen molar-refractivity contribution in [1.82, 2.24) is 10.0 Å². The van der Waals surface area contributed by atoms with Gasteiger partial charge < -0.3 is 0 Å². The third kappa shape index (κ3) is 3.64. The highest BCUT2D eigenvalue weighted by molar-refractivity contribution is 6.31. The Morgan fingerprint density at radius 3 is 2.00 bits per heavy atom. The van der Waals surface area contributed by atoms with Gasteiger partial charge in [0.05, 0.1) is 22.6 Å². The van der Waals surface area contributed by atoms with Crippen molar-refractivity contribution in [2.75, 3.05) is 0 Å². The lowest BCUT2D eigenvalue weighted by atomic mass is 10.1. The van der Waals surface area contributed by atoms with Crippen molar-refractivity contribution in [3.05, 3.63) is 110 Å². The highest BCUT2D eigenvalue weighted by atomic mass is 35.5. The number of carbonyl (C=O) groups is 3. The molecule has 0 unspecified atom stereocenters. The number of benzene rings is 3. The minimum Gasteiger partial charge on any atom is -0.267 e. The lowest BCUT2D eigenvalue weighted by Crippen LogP contribution is -2.49. The molecule has 0 saturated carbocycles. The number of non-ortho nitro benzene ring substituents is 1. The minimum atomic E-state index is -0.677. The SMILES string of the molecule is O=C(c1ccc([N+](=O)[O-])cc1)N(Cc1ccccc1Cl)N1C(=O)c2ccccc2C1=O. The van der Waals surface area contributed by atoms with E-state index in [2.05, 4.69) is 0 Å². The summed E-state index contributed by atoms with van der Waals surface area (Å²) in [5.74, 6) is -1.95. The summed E-state index contributed by atoms with van der Waals surface area (Å²) in [4.78, 5) is 49.7. The molecule has 8 nitrogen and oxygen atoms in total. The number of imide groups is 1. The number of carbonyl (C=O) groups excluding carboxylic acids is 3. The molecule has 0 bridgehead atoms. The van der Waals surface area contributed by atoms with Gasteiger partial charge in [0, 0.05) is 22.7 Å². The van der Waals surface area contributed by atoms with Crippen LogP contribution in [0.4, 0.5) is 5.69 Å². The van der Waals surface area contributed by atoms with E-state index in [1.54, 1.807) is 36.4 Å². The molecule has 3 aromatic rings. The summed E-state index contributed by atoms with van der Waals surface area (Å²) in [6, 6.07) is 18.0. The standard InChI is InChI=1S/C22H14ClN3O5/c23-19-8-4-1-5-15(19)13-24(20(27)14-9-11-16(12-10-14)26(30)31)25-21(28)17-6-2-3-7-18(17)22(25)29/h1-12H,13H2. The van der Waals surface area contributed by atoms with Crippen LogP contribution in [0.2, 0.25) is 5.02 Å². The van der Waals surface area contributed by atoms with Crippen molar-refractivity contribution in [1.29, 1.82) is 0 Å². The van der Waals surface area contributed by atoms with Crippen molar-refractivity contribution in [2.45, 2.75) is 6.54 Å². The molecule has 0 radical (unpaired) electrons. The van der Waals surface area contributed by atoms with E-state index in [0.29, 0.717) is 10.6 Å². The van der Waals surface area contributed by atoms with Crippen molar-refractivity contribution >= 4 is 35.0 Å². The summed E-state index contributed by atoms with van der Waals surface area (Å²) in [5.41, 5.74) is 0.793. The van der Waals surface area contributed by atoms with E-state index < -0.39 is 22.6 Å². The average Bonchev–Trinajstić information content (AvgIpc) is 3.03. The molecule has 3 aromatic carbocycles. The predicted molar refractivity (Wildman–Crippen MR) is 111 cm³/mol. The fourth-order valence-corrected chi connectivity index (χ4v) is 3.49. The van der Waals surface area contributed by atoms with Crippen LogP contribution in [0, 0.1) is 10.1 Å². The first-order valence-electron chi connectivity index (χ1n) is 9.16. The maximum atomic E-state index is 13.3.